The Balaban J connectivity index is 0.000000250. The molecule has 1 nitrogen and oxygen atoms in total. The molecule has 0 aromatic rings. The van der Waals surface area contributed by atoms with Gasteiger partial charge in [0.15, 0.2) is 0 Å². The maximum Gasteiger partial charge on any atom is 1.00 e. The van der Waals surface area contributed by atoms with E-state index in [-0.39, 0.29) is 29.6 Å². The molecule has 0 fully saturated rings. The minimum atomic E-state index is 0. The summed E-state index contributed by atoms with van der Waals surface area (Å²) in [5.41, 5.74) is 0. The standard InChI is InChI=1S/C4H5O.Na/c1-2-4-5-3-1;/h1-3H,4H2;/q-1;+1. The average molecular weight is 92.1 g/mol. The molecule has 0 aromatic carbocycles. The van der Waals surface area contributed by atoms with Gasteiger partial charge in [-0.25, -0.2) is 0 Å². The first-order valence-corrected chi connectivity index (χ1v) is 1.60. The fraction of sp³-hybridized carbons (Fsp3) is 0.250. The molecule has 0 unspecified atom stereocenters. The van der Waals surface area contributed by atoms with E-state index < -0.39 is 0 Å². The second kappa shape index (κ2) is 3.59. The molecule has 0 atom stereocenters. The van der Waals surface area contributed by atoms with Gasteiger partial charge in [0.1, 0.15) is 0 Å². The monoisotopic (exact) mass is 92.0 g/mol. The molecule has 0 radical (unpaired) electrons. The molecule has 0 aromatic heterocycles. The molecule has 1 heterocycles. The van der Waals surface area contributed by atoms with Crippen molar-refractivity contribution < 1.29 is 34.3 Å². The summed E-state index contributed by atoms with van der Waals surface area (Å²) < 4.78 is 4.71. The number of rotatable bonds is 0. The molecule has 0 saturated carbocycles. The molecule has 0 N–H and O–H groups in total. The minimum Gasteiger partial charge on any atom is -0.598 e. The molecule has 0 amide bonds. The molecule has 1 rings (SSSR count). The second-order valence-corrected chi connectivity index (χ2v) is 0.898. The molecule has 1 aliphatic heterocycles. The second-order valence-electron chi connectivity index (χ2n) is 0.898. The molecule has 6 heavy (non-hydrogen) atoms. The van der Waals surface area contributed by atoms with Crippen LogP contribution < -0.4 is 29.6 Å². The summed E-state index contributed by atoms with van der Waals surface area (Å²) in [4.78, 5) is 0. The van der Waals surface area contributed by atoms with Crippen LogP contribution in [-0.4, -0.2) is 6.61 Å². The van der Waals surface area contributed by atoms with Crippen molar-refractivity contribution in [2.45, 2.75) is 0 Å². The van der Waals surface area contributed by atoms with Gasteiger partial charge in [-0.3, -0.25) is 0 Å². The first kappa shape index (κ1) is 6.41. The van der Waals surface area contributed by atoms with Crippen LogP contribution in [0.15, 0.2) is 12.3 Å². The van der Waals surface area contributed by atoms with Crippen LogP contribution in [0, 0.1) is 6.42 Å². The number of ether oxygens (including phenoxy) is 1. The Bertz CT molecular complexity index is 45.5. The van der Waals surface area contributed by atoms with Crippen molar-refractivity contribution in [2.24, 2.45) is 0 Å². The van der Waals surface area contributed by atoms with Crippen molar-refractivity contribution >= 4 is 0 Å². The fourth-order valence-corrected chi connectivity index (χ4v) is 0.278. The molecule has 0 spiro atoms. The molecular weight excluding hydrogens is 87.0 g/mol. The van der Waals surface area contributed by atoms with E-state index in [1.165, 1.54) is 0 Å². The molecule has 2 heteroatoms. The Morgan fingerprint density at radius 3 is 2.67 bits per heavy atom. The van der Waals surface area contributed by atoms with Crippen molar-refractivity contribution in [3.8, 4) is 0 Å². The quantitative estimate of drug-likeness (QED) is 0.242. The molecule has 0 bridgehead atoms. The third-order valence-electron chi connectivity index (χ3n) is 0.503. The normalized spacial score (nSPS) is 14.7. The third-order valence-corrected chi connectivity index (χ3v) is 0.503. The summed E-state index contributed by atoms with van der Waals surface area (Å²) in [7, 11) is 0. The van der Waals surface area contributed by atoms with Crippen LogP contribution in [0.5, 0.6) is 0 Å². The maximum atomic E-state index is 4.71. The molecular formula is C4H5NaO. The van der Waals surface area contributed by atoms with Crippen molar-refractivity contribution in [2.75, 3.05) is 6.61 Å². The van der Waals surface area contributed by atoms with Crippen LogP contribution in [0.1, 0.15) is 0 Å². The van der Waals surface area contributed by atoms with Crippen LogP contribution in [0.3, 0.4) is 0 Å². The van der Waals surface area contributed by atoms with E-state index in [1.54, 1.807) is 6.26 Å². The van der Waals surface area contributed by atoms with Crippen molar-refractivity contribution in [1.29, 1.82) is 0 Å². The third kappa shape index (κ3) is 1.75. The Morgan fingerprint density at radius 1 is 1.67 bits per heavy atom. The Hall–Kier alpha value is 0.410. The summed E-state index contributed by atoms with van der Waals surface area (Å²) in [5, 5.41) is 0. The summed E-state index contributed by atoms with van der Waals surface area (Å²) in [6, 6.07) is 0. The van der Waals surface area contributed by atoms with Gasteiger partial charge in [0, 0.05) is 6.61 Å². The van der Waals surface area contributed by atoms with Crippen LogP contribution >= 0.6 is 0 Å². The van der Waals surface area contributed by atoms with Gasteiger partial charge in [-0.1, -0.05) is 6.26 Å². The maximum absolute atomic E-state index is 4.71. The van der Waals surface area contributed by atoms with Gasteiger partial charge in [0.05, 0.1) is 0 Å². The molecule has 1 aliphatic rings. The predicted molar refractivity (Wildman–Crippen MR) is 19.4 cm³/mol. The average Bonchev–Trinajstić information content (AvgIpc) is 1.76. The van der Waals surface area contributed by atoms with Crippen LogP contribution in [0.25, 0.3) is 0 Å². The van der Waals surface area contributed by atoms with Crippen LogP contribution in [0.4, 0.5) is 0 Å². The number of hydrogen-bond acceptors (Lipinski definition) is 1. The molecule has 0 aliphatic carbocycles. The van der Waals surface area contributed by atoms with Gasteiger partial charge >= 0.3 is 29.6 Å². The van der Waals surface area contributed by atoms with Gasteiger partial charge in [0.2, 0.25) is 0 Å². The first-order valence-electron chi connectivity index (χ1n) is 1.60. The van der Waals surface area contributed by atoms with Gasteiger partial charge in [-0.15, -0.1) is 0 Å². The van der Waals surface area contributed by atoms with Gasteiger partial charge in [-0.2, -0.15) is 12.5 Å². The van der Waals surface area contributed by atoms with Crippen molar-refractivity contribution in [1.82, 2.24) is 0 Å². The van der Waals surface area contributed by atoms with Crippen LogP contribution in [0.2, 0.25) is 0 Å². The van der Waals surface area contributed by atoms with Crippen LogP contribution in [-0.2, 0) is 4.74 Å². The largest absolute Gasteiger partial charge is 1.00 e. The van der Waals surface area contributed by atoms with E-state index >= 15 is 0 Å². The van der Waals surface area contributed by atoms with Crippen molar-refractivity contribution in [3.05, 3.63) is 18.8 Å². The Kier molecular flexibility index (Phi) is 3.84. The van der Waals surface area contributed by atoms with Gasteiger partial charge in [-0.05, 0) is 0 Å². The van der Waals surface area contributed by atoms with E-state index in [0.29, 0.717) is 0 Å². The SMILES string of the molecule is C1=COC[CH-]1.[Na+]. The predicted octanol–water partition coefficient (Wildman–Crippen LogP) is -2.26. The smallest absolute Gasteiger partial charge is 0.598 e. The summed E-state index contributed by atoms with van der Waals surface area (Å²) in [5.74, 6) is 0. The summed E-state index contributed by atoms with van der Waals surface area (Å²) >= 11 is 0. The molecule has 28 valence electrons. The Labute approximate surface area is 59.7 Å². The zero-order valence-corrected chi connectivity index (χ0v) is 5.85. The van der Waals surface area contributed by atoms with Gasteiger partial charge in [0.25, 0.3) is 0 Å². The Morgan fingerprint density at radius 2 is 2.50 bits per heavy atom. The summed E-state index contributed by atoms with van der Waals surface area (Å²) in [6.45, 7) is 0.764. The zero-order valence-electron chi connectivity index (χ0n) is 3.85. The zero-order chi connectivity index (χ0) is 3.54. The van der Waals surface area contributed by atoms with E-state index in [4.69, 9.17) is 4.74 Å². The van der Waals surface area contributed by atoms with E-state index in [0.717, 1.165) is 6.61 Å². The fourth-order valence-electron chi connectivity index (χ4n) is 0.278. The number of hydrogen-bond donors (Lipinski definition) is 0. The topological polar surface area (TPSA) is 9.23 Å². The van der Waals surface area contributed by atoms with Gasteiger partial charge < -0.3 is 4.74 Å². The van der Waals surface area contributed by atoms with E-state index in [9.17, 15) is 0 Å². The first-order chi connectivity index (χ1) is 2.50. The van der Waals surface area contributed by atoms with Crippen molar-refractivity contribution in [3.63, 3.8) is 0 Å². The minimum absolute atomic E-state index is 0. The molecule has 0 saturated heterocycles. The van der Waals surface area contributed by atoms with E-state index in [1.807, 2.05) is 12.5 Å². The summed E-state index contributed by atoms with van der Waals surface area (Å²) in [6.07, 6.45) is 5.53. The van der Waals surface area contributed by atoms with E-state index in [2.05, 4.69) is 0 Å².